The third-order valence-corrected chi connectivity index (χ3v) is 10.00. The fourth-order valence-corrected chi connectivity index (χ4v) is 6.84. The van der Waals surface area contributed by atoms with Gasteiger partial charge >= 0.3 is 0 Å². The molecular formula is C38H45N3O4S. The molecule has 7 nitrogen and oxygen atoms in total. The van der Waals surface area contributed by atoms with Gasteiger partial charge < -0.3 is 10.2 Å². The topological polar surface area (TPSA) is 86.8 Å². The maximum atomic E-state index is 14.7. The van der Waals surface area contributed by atoms with Gasteiger partial charge in [0.05, 0.1) is 10.6 Å². The van der Waals surface area contributed by atoms with E-state index in [4.69, 9.17) is 0 Å². The van der Waals surface area contributed by atoms with Gasteiger partial charge in [0.2, 0.25) is 11.8 Å². The van der Waals surface area contributed by atoms with Crippen LogP contribution in [0.4, 0.5) is 5.69 Å². The average Bonchev–Trinajstić information content (AvgIpc) is 3.04. The van der Waals surface area contributed by atoms with Crippen molar-refractivity contribution in [1.82, 2.24) is 10.2 Å². The Morgan fingerprint density at radius 3 is 2.11 bits per heavy atom. The molecule has 242 valence electrons. The molecule has 0 radical (unpaired) electrons. The number of nitrogens with zero attached hydrogens (tertiary/aromatic N) is 2. The van der Waals surface area contributed by atoms with Crippen molar-refractivity contribution in [2.45, 2.75) is 71.4 Å². The van der Waals surface area contributed by atoms with Crippen LogP contribution in [0.2, 0.25) is 0 Å². The predicted molar refractivity (Wildman–Crippen MR) is 185 cm³/mol. The van der Waals surface area contributed by atoms with Gasteiger partial charge in [-0.25, -0.2) is 8.42 Å². The van der Waals surface area contributed by atoms with Crippen LogP contribution in [0.1, 0.15) is 53.1 Å². The molecule has 2 amide bonds. The summed E-state index contributed by atoms with van der Waals surface area (Å²) >= 11 is 0. The number of hydrogen-bond acceptors (Lipinski definition) is 4. The largest absolute Gasteiger partial charge is 0.354 e. The first-order valence-corrected chi connectivity index (χ1v) is 17.3. The minimum atomic E-state index is -4.16. The summed E-state index contributed by atoms with van der Waals surface area (Å²) in [7, 11) is -4.16. The van der Waals surface area contributed by atoms with Crippen molar-refractivity contribution in [3.05, 3.63) is 130 Å². The van der Waals surface area contributed by atoms with E-state index in [-0.39, 0.29) is 23.8 Å². The zero-order chi connectivity index (χ0) is 33.3. The average molecular weight is 640 g/mol. The number of nitrogens with one attached hydrogen (secondary N) is 1. The van der Waals surface area contributed by atoms with Crippen molar-refractivity contribution in [2.75, 3.05) is 17.4 Å². The van der Waals surface area contributed by atoms with Gasteiger partial charge in [-0.15, -0.1) is 0 Å². The lowest BCUT2D eigenvalue weighted by Crippen LogP contribution is -2.53. The van der Waals surface area contributed by atoms with Gasteiger partial charge in [-0.05, 0) is 80.1 Å². The van der Waals surface area contributed by atoms with Crippen molar-refractivity contribution >= 4 is 27.5 Å². The van der Waals surface area contributed by atoms with E-state index in [1.54, 1.807) is 35.2 Å². The lowest BCUT2D eigenvalue weighted by atomic mass is 10.0. The minimum absolute atomic E-state index is 0.0930. The standard InChI is InChI=1S/C38H45N3O4S/c1-6-7-23-39-38(43)36(25-32-14-9-8-10-15-32)40(26-33-16-12-11-13-30(33)4)37(42)27-41(35-24-29(3)17-20-31(35)5)46(44,45)34-21-18-28(2)19-22-34/h8-22,24,36H,6-7,23,25-27H2,1-5H3,(H,39,43)/t36-/m1/s1. The fourth-order valence-electron chi connectivity index (χ4n) is 5.37. The number of benzene rings is 4. The second kappa shape index (κ2) is 15.7. The molecule has 4 aromatic rings. The summed E-state index contributed by atoms with van der Waals surface area (Å²) in [5.41, 5.74) is 5.70. The minimum Gasteiger partial charge on any atom is -0.354 e. The molecule has 0 aromatic heterocycles. The molecule has 0 spiro atoms. The van der Waals surface area contributed by atoms with Gasteiger partial charge in [-0.1, -0.05) is 97.8 Å². The van der Waals surface area contributed by atoms with Gasteiger partial charge in [-0.3, -0.25) is 13.9 Å². The monoisotopic (exact) mass is 639 g/mol. The molecule has 1 atom stereocenters. The number of carbonyl (C=O) groups excluding carboxylic acids is 2. The Morgan fingerprint density at radius 2 is 1.43 bits per heavy atom. The first-order chi connectivity index (χ1) is 22.0. The van der Waals surface area contributed by atoms with Crippen LogP contribution in [0.25, 0.3) is 0 Å². The molecule has 0 saturated heterocycles. The Hall–Kier alpha value is -4.43. The Bertz CT molecular complexity index is 1740. The van der Waals surface area contributed by atoms with E-state index in [2.05, 4.69) is 12.2 Å². The summed E-state index contributed by atoms with van der Waals surface area (Å²) in [6, 6.07) is 28.7. The van der Waals surface area contributed by atoms with E-state index < -0.39 is 28.5 Å². The molecule has 0 bridgehead atoms. The van der Waals surface area contributed by atoms with Crippen LogP contribution in [0.15, 0.2) is 102 Å². The van der Waals surface area contributed by atoms with E-state index in [0.717, 1.165) is 46.2 Å². The van der Waals surface area contributed by atoms with Crippen molar-refractivity contribution in [1.29, 1.82) is 0 Å². The first-order valence-electron chi connectivity index (χ1n) is 15.8. The van der Waals surface area contributed by atoms with E-state index in [0.29, 0.717) is 12.2 Å². The summed E-state index contributed by atoms with van der Waals surface area (Å²) in [4.78, 5) is 30.2. The van der Waals surface area contributed by atoms with Crippen LogP contribution in [0.5, 0.6) is 0 Å². The number of aryl methyl sites for hydroxylation is 4. The summed E-state index contributed by atoms with van der Waals surface area (Å²) in [6.07, 6.45) is 2.01. The molecule has 0 saturated carbocycles. The van der Waals surface area contributed by atoms with Crippen LogP contribution >= 0.6 is 0 Å². The van der Waals surface area contributed by atoms with Crippen LogP contribution < -0.4 is 9.62 Å². The molecule has 4 rings (SSSR count). The lowest BCUT2D eigenvalue weighted by Gasteiger charge is -2.34. The van der Waals surface area contributed by atoms with E-state index in [1.807, 2.05) is 94.4 Å². The van der Waals surface area contributed by atoms with Crippen LogP contribution in [-0.2, 0) is 32.6 Å². The summed E-state index contributed by atoms with van der Waals surface area (Å²) < 4.78 is 29.8. The van der Waals surface area contributed by atoms with Crippen molar-refractivity contribution in [2.24, 2.45) is 0 Å². The number of sulfonamides is 1. The highest BCUT2D eigenvalue weighted by Gasteiger charge is 2.35. The normalized spacial score (nSPS) is 11.9. The lowest BCUT2D eigenvalue weighted by molar-refractivity contribution is -0.140. The number of amides is 2. The highest BCUT2D eigenvalue weighted by Crippen LogP contribution is 2.29. The molecule has 0 aliphatic heterocycles. The number of hydrogen-bond donors (Lipinski definition) is 1. The molecule has 4 aromatic carbocycles. The second-order valence-electron chi connectivity index (χ2n) is 11.9. The summed E-state index contributed by atoms with van der Waals surface area (Å²) in [5.74, 6) is -0.731. The highest BCUT2D eigenvalue weighted by atomic mass is 32.2. The molecule has 0 aliphatic rings. The molecule has 0 aliphatic carbocycles. The van der Waals surface area contributed by atoms with E-state index >= 15 is 0 Å². The maximum Gasteiger partial charge on any atom is 0.264 e. The van der Waals surface area contributed by atoms with Crippen molar-refractivity contribution in [3.8, 4) is 0 Å². The van der Waals surface area contributed by atoms with Gasteiger partial charge in [0.1, 0.15) is 12.6 Å². The quantitative estimate of drug-likeness (QED) is 0.156. The van der Waals surface area contributed by atoms with Gasteiger partial charge in [0, 0.05) is 19.5 Å². The van der Waals surface area contributed by atoms with Crippen LogP contribution in [-0.4, -0.2) is 44.3 Å². The van der Waals surface area contributed by atoms with Crippen molar-refractivity contribution < 1.29 is 18.0 Å². The number of unbranched alkanes of at least 4 members (excludes halogenated alkanes) is 1. The van der Waals surface area contributed by atoms with Gasteiger partial charge in [-0.2, -0.15) is 0 Å². The second-order valence-corrected chi connectivity index (χ2v) is 13.8. The van der Waals surface area contributed by atoms with Crippen LogP contribution in [0, 0.1) is 27.7 Å². The zero-order valence-electron chi connectivity index (χ0n) is 27.5. The summed E-state index contributed by atoms with van der Waals surface area (Å²) in [6.45, 7) is 9.81. The molecule has 0 fully saturated rings. The molecular weight excluding hydrogens is 595 g/mol. The number of rotatable bonds is 14. The smallest absolute Gasteiger partial charge is 0.264 e. The number of anilines is 1. The maximum absolute atomic E-state index is 14.7. The van der Waals surface area contributed by atoms with E-state index in [1.165, 1.54) is 4.31 Å². The molecule has 0 heterocycles. The Balaban J connectivity index is 1.83. The van der Waals surface area contributed by atoms with Gasteiger partial charge in [0.25, 0.3) is 10.0 Å². The SMILES string of the molecule is CCCCNC(=O)[C@@H](Cc1ccccc1)N(Cc1ccccc1C)C(=O)CN(c1cc(C)ccc1C)S(=O)(=O)c1ccc(C)cc1. The van der Waals surface area contributed by atoms with E-state index in [9.17, 15) is 18.0 Å². The third-order valence-electron chi connectivity index (χ3n) is 8.22. The summed E-state index contributed by atoms with van der Waals surface area (Å²) in [5, 5.41) is 3.04. The Morgan fingerprint density at radius 1 is 0.783 bits per heavy atom. The molecule has 0 unspecified atom stereocenters. The van der Waals surface area contributed by atoms with Crippen molar-refractivity contribution in [3.63, 3.8) is 0 Å². The third kappa shape index (κ3) is 8.63. The Kier molecular flexibility index (Phi) is 11.8. The molecule has 46 heavy (non-hydrogen) atoms. The predicted octanol–water partition coefficient (Wildman–Crippen LogP) is 6.67. The molecule has 8 heteroatoms. The number of carbonyl (C=O) groups is 2. The highest BCUT2D eigenvalue weighted by molar-refractivity contribution is 7.92. The van der Waals surface area contributed by atoms with Crippen LogP contribution in [0.3, 0.4) is 0 Å². The first kappa shape index (κ1) is 34.4. The molecule has 1 N–H and O–H groups in total. The zero-order valence-corrected chi connectivity index (χ0v) is 28.3. The Labute approximate surface area is 274 Å². The van der Waals surface area contributed by atoms with Gasteiger partial charge in [0.15, 0.2) is 0 Å². The fraction of sp³-hybridized carbons (Fsp3) is 0.316.